The van der Waals surface area contributed by atoms with Crippen molar-refractivity contribution in [3.8, 4) is 0 Å². The van der Waals surface area contributed by atoms with E-state index in [9.17, 15) is 14.5 Å². The van der Waals surface area contributed by atoms with Gasteiger partial charge in [0.1, 0.15) is 5.82 Å². The average Bonchev–Trinajstić information content (AvgIpc) is 2.45. The lowest BCUT2D eigenvalue weighted by molar-refractivity contribution is -0.385. The van der Waals surface area contributed by atoms with Gasteiger partial charge in [-0.05, 0) is 35.7 Å². The zero-order valence-electron chi connectivity index (χ0n) is 12.0. The standard InChI is InChI=1S/C16H17FN2O2/c1-11(2)12-3-6-15(7-4-12)18-10-13-9-14(17)5-8-16(13)19(20)21/h3-9,11,18H,10H2,1-2H3. The highest BCUT2D eigenvalue weighted by atomic mass is 19.1. The molecular weight excluding hydrogens is 271 g/mol. The Morgan fingerprint density at radius 3 is 2.43 bits per heavy atom. The van der Waals surface area contributed by atoms with Gasteiger partial charge in [-0.3, -0.25) is 10.1 Å². The van der Waals surface area contributed by atoms with Crippen LogP contribution >= 0.6 is 0 Å². The van der Waals surface area contributed by atoms with E-state index in [0.29, 0.717) is 11.5 Å². The third-order valence-corrected chi connectivity index (χ3v) is 3.30. The predicted octanol–water partition coefficient (Wildman–Crippen LogP) is 4.47. The van der Waals surface area contributed by atoms with Crippen molar-refractivity contribution in [1.82, 2.24) is 0 Å². The molecule has 0 amide bonds. The number of hydrogen-bond acceptors (Lipinski definition) is 3. The molecule has 0 aliphatic heterocycles. The molecule has 110 valence electrons. The SMILES string of the molecule is CC(C)c1ccc(NCc2cc(F)ccc2[N+](=O)[O-])cc1. The molecule has 0 atom stereocenters. The van der Waals surface area contributed by atoms with Crippen LogP contribution in [0.2, 0.25) is 0 Å². The maximum Gasteiger partial charge on any atom is 0.274 e. The van der Waals surface area contributed by atoms with Crippen molar-refractivity contribution in [1.29, 1.82) is 0 Å². The molecule has 2 rings (SSSR count). The summed E-state index contributed by atoms with van der Waals surface area (Å²) in [6.07, 6.45) is 0. The number of hydrogen-bond donors (Lipinski definition) is 1. The highest BCUT2D eigenvalue weighted by Gasteiger charge is 2.14. The Kier molecular flexibility index (Phi) is 4.52. The van der Waals surface area contributed by atoms with Crippen LogP contribution in [0.15, 0.2) is 42.5 Å². The fourth-order valence-electron chi connectivity index (χ4n) is 2.06. The van der Waals surface area contributed by atoms with E-state index >= 15 is 0 Å². The minimum Gasteiger partial charge on any atom is -0.381 e. The Morgan fingerprint density at radius 1 is 1.19 bits per heavy atom. The molecule has 2 aromatic carbocycles. The van der Waals surface area contributed by atoms with Gasteiger partial charge in [-0.25, -0.2) is 4.39 Å². The van der Waals surface area contributed by atoms with E-state index in [2.05, 4.69) is 19.2 Å². The maximum absolute atomic E-state index is 13.2. The third-order valence-electron chi connectivity index (χ3n) is 3.30. The van der Waals surface area contributed by atoms with Gasteiger partial charge in [-0.1, -0.05) is 26.0 Å². The molecule has 0 saturated carbocycles. The smallest absolute Gasteiger partial charge is 0.274 e. The number of nitro groups is 1. The van der Waals surface area contributed by atoms with Crippen molar-refractivity contribution >= 4 is 11.4 Å². The topological polar surface area (TPSA) is 55.2 Å². The number of halogens is 1. The van der Waals surface area contributed by atoms with E-state index in [1.54, 1.807) is 0 Å². The first-order valence-corrected chi connectivity index (χ1v) is 6.74. The van der Waals surface area contributed by atoms with Crippen molar-refractivity contribution in [3.63, 3.8) is 0 Å². The number of rotatable bonds is 5. The second kappa shape index (κ2) is 6.35. The van der Waals surface area contributed by atoms with Crippen molar-refractivity contribution in [3.05, 3.63) is 69.5 Å². The normalized spacial score (nSPS) is 10.7. The summed E-state index contributed by atoms with van der Waals surface area (Å²) in [7, 11) is 0. The van der Waals surface area contributed by atoms with E-state index < -0.39 is 10.7 Å². The van der Waals surface area contributed by atoms with Crippen LogP contribution in [0.5, 0.6) is 0 Å². The molecule has 0 aliphatic carbocycles. The van der Waals surface area contributed by atoms with E-state index in [4.69, 9.17) is 0 Å². The van der Waals surface area contributed by atoms with E-state index in [-0.39, 0.29) is 12.2 Å². The molecule has 4 nitrogen and oxygen atoms in total. The number of nitro benzene ring substituents is 1. The summed E-state index contributed by atoms with van der Waals surface area (Å²) in [5, 5.41) is 14.0. The van der Waals surface area contributed by atoms with Crippen LogP contribution in [-0.2, 0) is 6.54 Å². The van der Waals surface area contributed by atoms with Gasteiger partial charge < -0.3 is 5.32 Å². The minimum atomic E-state index is -0.502. The summed E-state index contributed by atoms with van der Waals surface area (Å²) in [6.45, 7) is 4.42. The Morgan fingerprint density at radius 2 is 1.86 bits per heavy atom. The summed E-state index contributed by atoms with van der Waals surface area (Å²) in [6, 6.07) is 11.3. The van der Waals surface area contributed by atoms with Gasteiger partial charge in [0, 0.05) is 18.3 Å². The van der Waals surface area contributed by atoms with E-state index in [0.717, 1.165) is 11.8 Å². The molecule has 0 heterocycles. The Hall–Kier alpha value is -2.43. The fraction of sp³-hybridized carbons (Fsp3) is 0.250. The predicted molar refractivity (Wildman–Crippen MR) is 80.9 cm³/mol. The molecular formula is C16H17FN2O2. The molecule has 0 fully saturated rings. The largest absolute Gasteiger partial charge is 0.381 e. The first-order chi connectivity index (χ1) is 9.97. The average molecular weight is 288 g/mol. The van der Waals surface area contributed by atoms with Crippen LogP contribution in [0.25, 0.3) is 0 Å². The summed E-state index contributed by atoms with van der Waals surface area (Å²) in [5.41, 5.74) is 2.31. The molecule has 21 heavy (non-hydrogen) atoms. The molecule has 0 radical (unpaired) electrons. The summed E-state index contributed by atoms with van der Waals surface area (Å²) >= 11 is 0. The van der Waals surface area contributed by atoms with Gasteiger partial charge in [-0.2, -0.15) is 0 Å². The van der Waals surface area contributed by atoms with Crippen molar-refractivity contribution < 1.29 is 9.31 Å². The number of benzene rings is 2. The molecule has 2 aromatic rings. The second-order valence-corrected chi connectivity index (χ2v) is 5.16. The lowest BCUT2D eigenvalue weighted by atomic mass is 10.0. The van der Waals surface area contributed by atoms with Crippen molar-refractivity contribution in [2.45, 2.75) is 26.3 Å². The molecule has 0 spiro atoms. The van der Waals surface area contributed by atoms with E-state index in [1.807, 2.05) is 24.3 Å². The number of nitrogens with zero attached hydrogens (tertiary/aromatic N) is 1. The Balaban J connectivity index is 2.12. The Labute approximate surface area is 122 Å². The highest BCUT2D eigenvalue weighted by molar-refractivity contribution is 5.48. The van der Waals surface area contributed by atoms with Crippen molar-refractivity contribution in [2.24, 2.45) is 0 Å². The Bertz CT molecular complexity index is 639. The van der Waals surface area contributed by atoms with Crippen LogP contribution in [0, 0.1) is 15.9 Å². The van der Waals surface area contributed by atoms with Crippen LogP contribution in [-0.4, -0.2) is 4.92 Å². The van der Waals surface area contributed by atoms with Crippen LogP contribution in [0.4, 0.5) is 15.8 Å². The fourth-order valence-corrected chi connectivity index (χ4v) is 2.06. The zero-order valence-corrected chi connectivity index (χ0v) is 12.0. The zero-order chi connectivity index (χ0) is 15.4. The summed E-state index contributed by atoms with van der Waals surface area (Å²) in [5.74, 6) is -0.0316. The maximum atomic E-state index is 13.2. The molecule has 0 aliphatic rings. The number of nitrogens with one attached hydrogen (secondary N) is 1. The van der Waals surface area contributed by atoms with Gasteiger partial charge in [0.25, 0.3) is 5.69 Å². The summed E-state index contributed by atoms with van der Waals surface area (Å²) < 4.78 is 13.2. The van der Waals surface area contributed by atoms with Crippen LogP contribution in [0.1, 0.15) is 30.9 Å². The number of anilines is 1. The molecule has 0 aromatic heterocycles. The first-order valence-electron chi connectivity index (χ1n) is 6.74. The third kappa shape index (κ3) is 3.78. The summed E-state index contributed by atoms with van der Waals surface area (Å²) in [4.78, 5) is 10.4. The van der Waals surface area contributed by atoms with E-state index in [1.165, 1.54) is 17.7 Å². The monoisotopic (exact) mass is 288 g/mol. The highest BCUT2D eigenvalue weighted by Crippen LogP contribution is 2.22. The van der Waals surface area contributed by atoms with Gasteiger partial charge in [0.2, 0.25) is 0 Å². The molecule has 1 N–H and O–H groups in total. The lowest BCUT2D eigenvalue weighted by Gasteiger charge is -2.09. The first kappa shape index (κ1) is 15.0. The molecule has 0 saturated heterocycles. The van der Waals surface area contributed by atoms with Crippen LogP contribution in [0.3, 0.4) is 0 Å². The lowest BCUT2D eigenvalue weighted by Crippen LogP contribution is -2.04. The second-order valence-electron chi connectivity index (χ2n) is 5.16. The quantitative estimate of drug-likeness (QED) is 0.652. The van der Waals surface area contributed by atoms with Gasteiger partial charge in [-0.15, -0.1) is 0 Å². The van der Waals surface area contributed by atoms with Gasteiger partial charge >= 0.3 is 0 Å². The van der Waals surface area contributed by atoms with Crippen molar-refractivity contribution in [2.75, 3.05) is 5.32 Å². The molecule has 0 bridgehead atoms. The van der Waals surface area contributed by atoms with Crippen LogP contribution < -0.4 is 5.32 Å². The van der Waals surface area contributed by atoms with Gasteiger partial charge in [0.15, 0.2) is 0 Å². The minimum absolute atomic E-state index is 0.0808. The molecule has 5 heteroatoms. The molecule has 0 unspecified atom stereocenters. The van der Waals surface area contributed by atoms with Gasteiger partial charge in [0.05, 0.1) is 10.5 Å².